The lowest BCUT2D eigenvalue weighted by molar-refractivity contribution is -0.132. The van der Waals surface area contributed by atoms with Gasteiger partial charge in [-0.3, -0.25) is 14.9 Å². The lowest BCUT2D eigenvalue weighted by atomic mass is 9.99. The van der Waals surface area contributed by atoms with Crippen LogP contribution in [0.1, 0.15) is 37.4 Å². The molecule has 0 radical (unpaired) electrons. The van der Waals surface area contributed by atoms with Gasteiger partial charge in [-0.1, -0.05) is 6.92 Å². The molecule has 2 rings (SSSR count). The van der Waals surface area contributed by atoms with Gasteiger partial charge in [0, 0.05) is 11.7 Å². The maximum absolute atomic E-state index is 13.8. The Morgan fingerprint density at radius 1 is 1.48 bits per heavy atom. The maximum Gasteiger partial charge on any atom is 0.249 e. The number of benzene rings is 1. The third-order valence-electron chi connectivity index (χ3n) is 3.75. The van der Waals surface area contributed by atoms with Crippen molar-refractivity contribution < 1.29 is 14.0 Å². The summed E-state index contributed by atoms with van der Waals surface area (Å²) < 4.78 is 13.8. The van der Waals surface area contributed by atoms with Crippen LogP contribution in [-0.2, 0) is 9.59 Å². The molecule has 1 aliphatic rings. The molecule has 0 saturated carbocycles. The molecule has 1 aromatic carbocycles. The summed E-state index contributed by atoms with van der Waals surface area (Å²) in [7, 11) is 0. The number of rotatable bonds is 3. The van der Waals surface area contributed by atoms with Crippen LogP contribution < -0.4 is 16.0 Å². The molecular weight excluding hydrogens is 273 g/mol. The Bertz CT molecular complexity index is 587. The van der Waals surface area contributed by atoms with E-state index in [0.29, 0.717) is 23.2 Å². The van der Waals surface area contributed by atoms with Crippen LogP contribution in [0.5, 0.6) is 0 Å². The van der Waals surface area contributed by atoms with Gasteiger partial charge in [-0.05, 0) is 43.5 Å². The van der Waals surface area contributed by atoms with Crippen LogP contribution in [-0.4, -0.2) is 24.4 Å². The number of carbonyl (C=O) groups excluding carboxylic acids is 2. The van der Waals surface area contributed by atoms with Crippen molar-refractivity contribution in [1.29, 1.82) is 0 Å². The zero-order valence-corrected chi connectivity index (χ0v) is 12.4. The van der Waals surface area contributed by atoms with Crippen molar-refractivity contribution in [3.8, 4) is 0 Å². The maximum atomic E-state index is 13.8. The Morgan fingerprint density at radius 2 is 2.14 bits per heavy atom. The summed E-state index contributed by atoms with van der Waals surface area (Å²) in [6.45, 7) is 5.33. The average molecular weight is 293 g/mol. The minimum absolute atomic E-state index is 0.0645. The van der Waals surface area contributed by atoms with E-state index in [-0.39, 0.29) is 24.2 Å². The molecule has 114 valence electrons. The van der Waals surface area contributed by atoms with E-state index in [0.717, 1.165) is 0 Å². The molecule has 0 spiro atoms. The summed E-state index contributed by atoms with van der Waals surface area (Å²) in [5.74, 6) is -1.03. The van der Waals surface area contributed by atoms with Crippen LogP contribution in [0.3, 0.4) is 0 Å². The number of nitrogens with zero attached hydrogens (tertiary/aromatic N) is 1. The molecule has 3 N–H and O–H groups in total. The monoisotopic (exact) mass is 293 g/mol. The lowest BCUT2D eigenvalue weighted by Gasteiger charge is -2.37. The number of hydrogen-bond donors (Lipinski definition) is 2. The lowest BCUT2D eigenvalue weighted by Crippen LogP contribution is -2.58. The second-order valence-corrected chi connectivity index (χ2v) is 5.41. The molecule has 1 heterocycles. The highest BCUT2D eigenvalue weighted by molar-refractivity contribution is 6.04. The van der Waals surface area contributed by atoms with Crippen LogP contribution >= 0.6 is 0 Å². The number of amides is 2. The predicted molar refractivity (Wildman–Crippen MR) is 78.3 cm³/mol. The second kappa shape index (κ2) is 5.81. The molecular formula is C15H20FN3O2. The van der Waals surface area contributed by atoms with Crippen molar-refractivity contribution in [2.75, 3.05) is 11.4 Å². The van der Waals surface area contributed by atoms with E-state index in [1.807, 2.05) is 6.92 Å². The Morgan fingerprint density at radius 3 is 2.71 bits per heavy atom. The van der Waals surface area contributed by atoms with Crippen LogP contribution in [0.15, 0.2) is 12.1 Å². The van der Waals surface area contributed by atoms with Crippen molar-refractivity contribution in [2.45, 2.75) is 39.3 Å². The zero-order valence-electron chi connectivity index (χ0n) is 12.4. The third kappa shape index (κ3) is 2.90. The number of nitrogens with two attached hydrogens (primary N) is 1. The smallest absolute Gasteiger partial charge is 0.249 e. The Hall–Kier alpha value is -1.95. The molecule has 1 aliphatic heterocycles. The summed E-state index contributed by atoms with van der Waals surface area (Å²) in [5.41, 5.74) is 7.63. The van der Waals surface area contributed by atoms with E-state index in [1.54, 1.807) is 24.8 Å². The van der Waals surface area contributed by atoms with E-state index in [1.165, 1.54) is 6.07 Å². The molecule has 0 aromatic heterocycles. The van der Waals surface area contributed by atoms with Crippen molar-refractivity contribution in [3.05, 3.63) is 29.1 Å². The molecule has 0 bridgehead atoms. The Labute approximate surface area is 123 Å². The molecule has 1 saturated heterocycles. The summed E-state index contributed by atoms with van der Waals surface area (Å²) in [6, 6.07) is 2.19. The van der Waals surface area contributed by atoms with Crippen molar-refractivity contribution in [3.63, 3.8) is 0 Å². The fraction of sp³-hybridized carbons (Fsp3) is 0.467. The second-order valence-electron chi connectivity index (χ2n) is 5.41. The van der Waals surface area contributed by atoms with Gasteiger partial charge >= 0.3 is 0 Å². The first-order valence-electron chi connectivity index (χ1n) is 7.01. The third-order valence-corrected chi connectivity index (χ3v) is 3.75. The predicted octanol–water partition coefficient (Wildman–Crippen LogP) is 1.40. The van der Waals surface area contributed by atoms with Gasteiger partial charge < -0.3 is 10.6 Å². The van der Waals surface area contributed by atoms with E-state index in [2.05, 4.69) is 5.32 Å². The van der Waals surface area contributed by atoms with Crippen molar-refractivity contribution >= 4 is 17.5 Å². The number of anilines is 1. The van der Waals surface area contributed by atoms with Gasteiger partial charge in [0.2, 0.25) is 11.8 Å². The number of carbonyl (C=O) groups is 2. The first-order valence-corrected chi connectivity index (χ1v) is 7.01. The number of hydrogen-bond acceptors (Lipinski definition) is 4. The summed E-state index contributed by atoms with van der Waals surface area (Å²) in [4.78, 5) is 25.4. The summed E-state index contributed by atoms with van der Waals surface area (Å²) >= 11 is 0. The normalized spacial score (nSPS) is 20.4. The molecule has 2 amide bonds. The van der Waals surface area contributed by atoms with E-state index < -0.39 is 12.1 Å². The largest absolute Gasteiger partial charge is 0.350 e. The van der Waals surface area contributed by atoms with E-state index >= 15 is 0 Å². The average Bonchev–Trinajstić information content (AvgIpc) is 2.40. The fourth-order valence-corrected chi connectivity index (χ4v) is 2.62. The zero-order chi connectivity index (χ0) is 15.7. The van der Waals surface area contributed by atoms with E-state index in [9.17, 15) is 14.0 Å². The van der Waals surface area contributed by atoms with Gasteiger partial charge in [-0.15, -0.1) is 0 Å². The van der Waals surface area contributed by atoms with E-state index in [4.69, 9.17) is 5.73 Å². The number of nitrogens with one attached hydrogen (secondary N) is 1. The first-order chi connectivity index (χ1) is 9.85. The molecule has 2 unspecified atom stereocenters. The van der Waals surface area contributed by atoms with Gasteiger partial charge in [0.05, 0.1) is 6.54 Å². The quantitative estimate of drug-likeness (QED) is 0.826. The van der Waals surface area contributed by atoms with Gasteiger partial charge in [0.1, 0.15) is 11.9 Å². The fourth-order valence-electron chi connectivity index (χ4n) is 2.62. The van der Waals surface area contributed by atoms with Crippen LogP contribution in [0.25, 0.3) is 0 Å². The van der Waals surface area contributed by atoms with Gasteiger partial charge in [-0.2, -0.15) is 0 Å². The van der Waals surface area contributed by atoms with Gasteiger partial charge in [0.25, 0.3) is 0 Å². The number of piperazine rings is 1. The molecule has 0 aliphatic carbocycles. The number of imide groups is 1. The number of halogens is 1. The van der Waals surface area contributed by atoms with Crippen LogP contribution in [0.4, 0.5) is 10.1 Å². The standard InChI is InChI=1S/C15H20FN3O2/c1-4-12-15(21)18-14(20)7-19(12)13-5-8(2)11(16)6-10(13)9(3)17/h5-6,9,12H,4,7,17H2,1-3H3,(H,18,20,21). The van der Waals surface area contributed by atoms with Gasteiger partial charge in [0.15, 0.2) is 0 Å². The highest BCUT2D eigenvalue weighted by Crippen LogP contribution is 2.31. The van der Waals surface area contributed by atoms with Gasteiger partial charge in [-0.25, -0.2) is 4.39 Å². The van der Waals surface area contributed by atoms with Crippen molar-refractivity contribution in [2.24, 2.45) is 5.73 Å². The molecule has 21 heavy (non-hydrogen) atoms. The Balaban J connectivity index is 2.54. The molecule has 5 nitrogen and oxygen atoms in total. The highest BCUT2D eigenvalue weighted by Gasteiger charge is 2.34. The van der Waals surface area contributed by atoms with Crippen LogP contribution in [0, 0.1) is 12.7 Å². The molecule has 6 heteroatoms. The topological polar surface area (TPSA) is 75.4 Å². The van der Waals surface area contributed by atoms with Crippen LogP contribution in [0.2, 0.25) is 0 Å². The summed E-state index contributed by atoms with van der Waals surface area (Å²) in [6.07, 6.45) is 0.550. The first kappa shape index (κ1) is 15.4. The number of aryl methyl sites for hydroxylation is 1. The minimum atomic E-state index is -0.454. The summed E-state index contributed by atoms with van der Waals surface area (Å²) in [5, 5.41) is 2.33. The Kier molecular flexibility index (Phi) is 4.27. The molecule has 2 atom stereocenters. The van der Waals surface area contributed by atoms with Crippen molar-refractivity contribution in [1.82, 2.24) is 5.32 Å². The molecule has 1 fully saturated rings. The highest BCUT2D eigenvalue weighted by atomic mass is 19.1. The molecule has 1 aromatic rings. The SMILES string of the molecule is CCC1C(=O)NC(=O)CN1c1cc(C)c(F)cc1C(C)N. The minimum Gasteiger partial charge on any atom is -0.350 e.